The molecular formula is C10H8F9NO3S. The van der Waals surface area contributed by atoms with Gasteiger partial charge in [0, 0.05) is 12.1 Å². The molecule has 14 heteroatoms. The average molecular weight is 393 g/mol. The van der Waals surface area contributed by atoms with E-state index in [0.29, 0.717) is 0 Å². The number of hydrogen-bond donors (Lipinski definition) is 0. The van der Waals surface area contributed by atoms with Gasteiger partial charge in [-0.1, -0.05) is 6.07 Å². The Hall–Kier alpha value is -1.57. The van der Waals surface area contributed by atoms with Crippen LogP contribution >= 0.6 is 0 Å². The highest BCUT2D eigenvalue weighted by atomic mass is 32.2. The molecule has 0 aliphatic carbocycles. The van der Waals surface area contributed by atoms with Crippen molar-refractivity contribution in [2.45, 2.75) is 23.9 Å². The molecule has 1 heterocycles. The van der Waals surface area contributed by atoms with Crippen molar-refractivity contribution >= 4 is 10.1 Å². The summed E-state index contributed by atoms with van der Waals surface area (Å²) in [7, 11) is -6.15. The smallest absolute Gasteiger partial charge is 0.460 e. The SMILES string of the molecule is O=S(=O)([O-])CC(F)(F)C(F)(F)C(F)(F)C(F)(F)F.c1cc[nH+]cc1. The predicted molar refractivity (Wildman–Crippen MR) is 58.5 cm³/mol. The molecule has 0 aliphatic rings. The third-order valence-electron chi connectivity index (χ3n) is 2.17. The lowest BCUT2D eigenvalue weighted by molar-refractivity contribution is -0.392. The van der Waals surface area contributed by atoms with Crippen LogP contribution in [0.4, 0.5) is 39.5 Å². The van der Waals surface area contributed by atoms with Gasteiger partial charge in [-0.05, 0) is 0 Å². The van der Waals surface area contributed by atoms with Crippen LogP contribution in [0.1, 0.15) is 0 Å². The highest BCUT2D eigenvalue weighted by Crippen LogP contribution is 2.53. The number of pyridine rings is 1. The van der Waals surface area contributed by atoms with Crippen LogP contribution in [0.2, 0.25) is 0 Å². The molecule has 4 nitrogen and oxygen atoms in total. The lowest BCUT2D eigenvalue weighted by Crippen LogP contribution is -2.62. The molecule has 1 rings (SSSR count). The van der Waals surface area contributed by atoms with Crippen molar-refractivity contribution in [3.8, 4) is 0 Å². The molecule has 0 aromatic carbocycles. The Balaban J connectivity index is 0.000000728. The molecule has 1 N–H and O–H groups in total. The Labute approximate surface area is 129 Å². The number of hydrogen-bond acceptors (Lipinski definition) is 3. The topological polar surface area (TPSA) is 71.3 Å². The van der Waals surface area contributed by atoms with Crippen LogP contribution in [0.15, 0.2) is 30.6 Å². The maximum Gasteiger partial charge on any atom is 0.460 e. The molecule has 1 aromatic rings. The van der Waals surface area contributed by atoms with Crippen molar-refractivity contribution in [3.05, 3.63) is 30.6 Å². The number of rotatable bonds is 4. The number of halogens is 9. The Morgan fingerprint density at radius 2 is 1.21 bits per heavy atom. The van der Waals surface area contributed by atoms with Crippen LogP contribution in [0.25, 0.3) is 0 Å². The minimum Gasteiger partial charge on any atom is -0.748 e. The van der Waals surface area contributed by atoms with Gasteiger partial charge in [0.2, 0.25) is 0 Å². The van der Waals surface area contributed by atoms with Gasteiger partial charge in [-0.15, -0.1) is 0 Å². The third kappa shape index (κ3) is 5.51. The Morgan fingerprint density at radius 3 is 1.42 bits per heavy atom. The van der Waals surface area contributed by atoms with E-state index in [9.17, 15) is 52.5 Å². The summed E-state index contributed by atoms with van der Waals surface area (Å²) in [6, 6.07) is 5.86. The molecule has 0 saturated heterocycles. The van der Waals surface area contributed by atoms with Crippen molar-refractivity contribution in [2.75, 3.05) is 5.75 Å². The fourth-order valence-electron chi connectivity index (χ4n) is 1.06. The summed E-state index contributed by atoms with van der Waals surface area (Å²) in [6.07, 6.45) is -3.30. The van der Waals surface area contributed by atoms with Gasteiger partial charge in [0.25, 0.3) is 0 Å². The first-order valence-corrected chi connectivity index (χ1v) is 7.08. The molecule has 24 heavy (non-hydrogen) atoms. The van der Waals surface area contributed by atoms with E-state index < -0.39 is 39.8 Å². The number of alkyl halides is 9. The maximum absolute atomic E-state index is 12.4. The average Bonchev–Trinajstić information content (AvgIpc) is 2.37. The highest BCUT2D eigenvalue weighted by Gasteiger charge is 2.81. The summed E-state index contributed by atoms with van der Waals surface area (Å²) in [5, 5.41) is 0. The van der Waals surface area contributed by atoms with Crippen LogP contribution in [-0.2, 0) is 10.1 Å². The summed E-state index contributed by atoms with van der Waals surface area (Å²) in [5.74, 6) is -24.1. The summed E-state index contributed by atoms with van der Waals surface area (Å²) < 4.78 is 138. The van der Waals surface area contributed by atoms with Gasteiger partial charge in [0.05, 0.1) is 0 Å². The van der Waals surface area contributed by atoms with Crippen molar-refractivity contribution < 1.29 is 57.5 Å². The van der Waals surface area contributed by atoms with Gasteiger partial charge >= 0.3 is 23.9 Å². The van der Waals surface area contributed by atoms with Gasteiger partial charge in [0.1, 0.15) is 15.9 Å². The zero-order valence-electron chi connectivity index (χ0n) is 11.1. The molecule has 0 spiro atoms. The fraction of sp³-hybridized carbons (Fsp3) is 0.500. The molecular weight excluding hydrogens is 385 g/mol. The Bertz CT molecular complexity index is 590. The predicted octanol–water partition coefficient (Wildman–Crippen LogP) is 2.50. The second-order valence-electron chi connectivity index (χ2n) is 4.13. The van der Waals surface area contributed by atoms with Crippen molar-refractivity contribution in [1.29, 1.82) is 0 Å². The highest BCUT2D eigenvalue weighted by molar-refractivity contribution is 7.85. The molecule has 140 valence electrons. The largest absolute Gasteiger partial charge is 0.748 e. The quantitative estimate of drug-likeness (QED) is 0.583. The van der Waals surface area contributed by atoms with Crippen molar-refractivity contribution in [3.63, 3.8) is 0 Å². The van der Waals surface area contributed by atoms with Crippen LogP contribution in [0.5, 0.6) is 0 Å². The molecule has 1 aromatic heterocycles. The van der Waals surface area contributed by atoms with E-state index in [0.717, 1.165) is 0 Å². The lowest BCUT2D eigenvalue weighted by atomic mass is 10.1. The first-order chi connectivity index (χ1) is 10.5. The number of H-pyrrole nitrogens is 1. The normalized spacial score (nSPS) is 13.9. The van der Waals surface area contributed by atoms with E-state index in [2.05, 4.69) is 4.98 Å². The van der Waals surface area contributed by atoms with Crippen molar-refractivity contribution in [2.24, 2.45) is 0 Å². The second-order valence-corrected chi connectivity index (χ2v) is 5.53. The summed E-state index contributed by atoms with van der Waals surface area (Å²) in [4.78, 5) is 2.89. The number of aromatic nitrogens is 1. The van der Waals surface area contributed by atoms with Gasteiger partial charge in [-0.3, -0.25) is 0 Å². The molecule has 0 bridgehead atoms. The van der Waals surface area contributed by atoms with Gasteiger partial charge in [0.15, 0.2) is 12.4 Å². The minimum atomic E-state index is -7.20. The summed E-state index contributed by atoms with van der Waals surface area (Å²) in [5.41, 5.74) is 0. The monoisotopic (exact) mass is 393 g/mol. The maximum atomic E-state index is 12.4. The molecule has 0 saturated carbocycles. The van der Waals surface area contributed by atoms with E-state index in [1.54, 1.807) is 0 Å². The van der Waals surface area contributed by atoms with Crippen LogP contribution in [-0.4, -0.2) is 42.7 Å². The molecule has 0 radical (unpaired) electrons. The van der Waals surface area contributed by atoms with E-state index in [4.69, 9.17) is 0 Å². The fourth-order valence-corrected chi connectivity index (χ4v) is 1.69. The lowest BCUT2D eigenvalue weighted by Gasteiger charge is -2.33. The van der Waals surface area contributed by atoms with Gasteiger partial charge < -0.3 is 4.55 Å². The zero-order valence-corrected chi connectivity index (χ0v) is 11.9. The number of nitrogens with one attached hydrogen (secondary N) is 1. The molecule has 0 amide bonds. The van der Waals surface area contributed by atoms with Gasteiger partial charge in [-0.2, -0.15) is 39.5 Å². The van der Waals surface area contributed by atoms with E-state index in [-0.39, 0.29) is 0 Å². The minimum absolute atomic E-state index is 1.88. The zero-order chi connectivity index (χ0) is 19.4. The van der Waals surface area contributed by atoms with Gasteiger partial charge in [-0.25, -0.2) is 13.4 Å². The molecule has 0 aliphatic heterocycles. The van der Waals surface area contributed by atoms with Crippen LogP contribution < -0.4 is 4.98 Å². The molecule has 0 fully saturated rings. The van der Waals surface area contributed by atoms with Crippen LogP contribution in [0.3, 0.4) is 0 Å². The second kappa shape index (κ2) is 7.13. The summed E-state index contributed by atoms with van der Waals surface area (Å²) in [6.45, 7) is 0. The molecule has 0 unspecified atom stereocenters. The molecule has 0 atom stereocenters. The number of aromatic amines is 1. The Kier molecular flexibility index (Phi) is 6.66. The summed E-state index contributed by atoms with van der Waals surface area (Å²) >= 11 is 0. The van der Waals surface area contributed by atoms with Crippen molar-refractivity contribution in [1.82, 2.24) is 0 Å². The third-order valence-corrected chi connectivity index (χ3v) is 2.89. The van der Waals surface area contributed by atoms with E-state index in [1.807, 2.05) is 30.6 Å². The Morgan fingerprint density at radius 1 is 0.792 bits per heavy atom. The van der Waals surface area contributed by atoms with E-state index >= 15 is 0 Å². The standard InChI is InChI=1S/C5H3F9O3S.C5H5N/c6-2(7,1-18(15,16)17)3(8,9)4(10,11)5(12,13)14;1-2-4-6-5-3-1/h1H2,(H,15,16,17);1-5H. The first kappa shape index (κ1) is 22.4. The van der Waals surface area contributed by atoms with E-state index in [1.165, 1.54) is 0 Å². The first-order valence-electron chi connectivity index (χ1n) is 5.50. The van der Waals surface area contributed by atoms with Crippen LogP contribution in [0, 0.1) is 0 Å².